The van der Waals surface area contributed by atoms with Gasteiger partial charge in [0.1, 0.15) is 0 Å². The Kier molecular flexibility index (Phi) is 8.02. The number of halogens is 6. The van der Waals surface area contributed by atoms with Crippen molar-refractivity contribution in [2.75, 3.05) is 0 Å². The first kappa shape index (κ1) is 23.9. The average molecular weight is 413 g/mol. The molecule has 144 valence electrons. The summed E-state index contributed by atoms with van der Waals surface area (Å²) in [6, 6.07) is -0.248. The second kappa shape index (κ2) is 8.06. The molecule has 0 radical (unpaired) electrons. The minimum atomic E-state index is -4.26. The third kappa shape index (κ3) is 11.4. The second-order valence-electron chi connectivity index (χ2n) is 7.17. The molecule has 0 saturated carbocycles. The summed E-state index contributed by atoms with van der Waals surface area (Å²) < 4.78 is 86.3. The van der Waals surface area contributed by atoms with Crippen LogP contribution in [-0.2, 0) is 8.23 Å². The van der Waals surface area contributed by atoms with Crippen molar-refractivity contribution in [1.82, 2.24) is 0 Å². The van der Waals surface area contributed by atoms with Gasteiger partial charge in [-0.25, -0.2) is 0 Å². The van der Waals surface area contributed by atoms with Gasteiger partial charge < -0.3 is 8.23 Å². The van der Waals surface area contributed by atoms with E-state index in [4.69, 9.17) is 8.23 Å². The Hall–Kier alpha value is -0.109. The molecule has 0 N–H and O–H groups in total. The highest BCUT2D eigenvalue weighted by molar-refractivity contribution is 6.90. The van der Waals surface area contributed by atoms with E-state index >= 15 is 0 Å². The van der Waals surface area contributed by atoms with Gasteiger partial charge in [0, 0.05) is 12.8 Å². The lowest BCUT2D eigenvalue weighted by Crippen LogP contribution is -2.53. The van der Waals surface area contributed by atoms with Crippen LogP contribution in [0.15, 0.2) is 12.3 Å². The Morgan fingerprint density at radius 3 is 1.25 bits per heavy atom. The number of alkyl halides is 6. The van der Waals surface area contributed by atoms with Crippen molar-refractivity contribution in [3.8, 4) is 0 Å². The SMILES string of the molecule is C=C[Si](C)(O[Si](C)(C)CCC(F)(F)F)O[Si](C)(C)CCC(F)(F)F. The van der Waals surface area contributed by atoms with E-state index < -0.39 is 50.4 Å². The highest BCUT2D eigenvalue weighted by Gasteiger charge is 2.43. The molecule has 0 amide bonds. The Morgan fingerprint density at radius 2 is 1.04 bits per heavy atom. The molecule has 0 bridgehead atoms. The first-order chi connectivity index (χ1) is 10.4. The van der Waals surface area contributed by atoms with Crippen molar-refractivity contribution in [3.63, 3.8) is 0 Å². The third-order valence-corrected chi connectivity index (χ3v) is 14.7. The smallest absolute Gasteiger partial charge is 0.388 e. The lowest BCUT2D eigenvalue weighted by molar-refractivity contribution is -0.131. The van der Waals surface area contributed by atoms with E-state index in [9.17, 15) is 26.3 Å². The Labute approximate surface area is 142 Å². The van der Waals surface area contributed by atoms with Crippen LogP contribution in [0.25, 0.3) is 0 Å². The molecule has 0 aliphatic heterocycles. The van der Waals surface area contributed by atoms with E-state index in [0.29, 0.717) is 0 Å². The summed E-state index contributed by atoms with van der Waals surface area (Å²) >= 11 is 0. The summed E-state index contributed by atoms with van der Waals surface area (Å²) in [6.07, 6.45) is -10.4. The zero-order valence-corrected chi connectivity index (χ0v) is 17.7. The number of rotatable bonds is 9. The van der Waals surface area contributed by atoms with Crippen LogP contribution < -0.4 is 0 Å². The van der Waals surface area contributed by atoms with Gasteiger partial charge in [0.05, 0.1) is 0 Å². The minimum absolute atomic E-state index is 0.124. The molecule has 0 unspecified atom stereocenters. The molecular weight excluding hydrogens is 386 g/mol. The highest BCUT2D eigenvalue weighted by Crippen LogP contribution is 2.32. The predicted octanol–water partition coefficient (Wildman–Crippen LogP) is 6.13. The zero-order valence-electron chi connectivity index (χ0n) is 14.7. The highest BCUT2D eigenvalue weighted by atomic mass is 28.5. The van der Waals surface area contributed by atoms with E-state index in [1.807, 2.05) is 0 Å². The fraction of sp³-hybridized carbons (Fsp3) is 0.846. The van der Waals surface area contributed by atoms with E-state index in [1.54, 1.807) is 32.7 Å². The van der Waals surface area contributed by atoms with Gasteiger partial charge in [-0.3, -0.25) is 0 Å². The third-order valence-electron chi connectivity index (χ3n) is 3.35. The fourth-order valence-electron chi connectivity index (χ4n) is 2.19. The quantitative estimate of drug-likeness (QED) is 0.335. The second-order valence-corrected chi connectivity index (χ2v) is 19.3. The van der Waals surface area contributed by atoms with Crippen LogP contribution in [0.5, 0.6) is 0 Å². The molecule has 0 saturated heterocycles. The van der Waals surface area contributed by atoms with E-state index in [-0.39, 0.29) is 12.1 Å². The average Bonchev–Trinajstić information content (AvgIpc) is 2.31. The van der Waals surface area contributed by atoms with Gasteiger partial charge in [-0.05, 0) is 44.8 Å². The molecule has 0 aromatic carbocycles. The summed E-state index contributed by atoms with van der Waals surface area (Å²) in [6.45, 7) is 11.9. The Morgan fingerprint density at radius 1 is 0.750 bits per heavy atom. The van der Waals surface area contributed by atoms with Gasteiger partial charge in [-0.2, -0.15) is 26.3 Å². The van der Waals surface area contributed by atoms with Crippen LogP contribution in [-0.4, -0.2) is 37.5 Å². The molecule has 0 aliphatic carbocycles. The predicted molar refractivity (Wildman–Crippen MR) is 89.9 cm³/mol. The monoisotopic (exact) mass is 412 g/mol. The largest absolute Gasteiger partial charge is 0.433 e. The molecule has 0 atom stereocenters. The first-order valence-corrected chi connectivity index (χ1v) is 16.2. The number of hydrogen-bond donors (Lipinski definition) is 0. The summed E-state index contributed by atoms with van der Waals surface area (Å²) in [5, 5.41) is 0. The fourth-order valence-corrected chi connectivity index (χ4v) is 14.8. The topological polar surface area (TPSA) is 18.5 Å². The molecular formula is C13H26F6O2Si3. The summed E-state index contributed by atoms with van der Waals surface area (Å²) in [5.41, 5.74) is 1.44. The van der Waals surface area contributed by atoms with Crippen LogP contribution in [0, 0.1) is 0 Å². The van der Waals surface area contributed by atoms with Gasteiger partial charge in [-0.15, -0.1) is 6.58 Å². The maximum atomic E-state index is 12.4. The lowest BCUT2D eigenvalue weighted by Gasteiger charge is -2.39. The van der Waals surface area contributed by atoms with Gasteiger partial charge in [0.25, 0.3) is 0 Å². The van der Waals surface area contributed by atoms with Gasteiger partial charge in [-0.1, -0.05) is 5.70 Å². The molecule has 11 heteroatoms. The standard InChI is InChI=1S/C13H26F6O2Si3/c1-7-24(6,20-22(2,3)10-8-12(14,15)16)21-23(4,5)11-9-13(17,18)19/h7H,1,8-11H2,2-6H3. The van der Waals surface area contributed by atoms with Crippen LogP contribution in [0.1, 0.15) is 12.8 Å². The molecule has 0 aliphatic rings. The zero-order chi connectivity index (χ0) is 19.4. The Balaban J connectivity index is 4.91. The maximum absolute atomic E-state index is 12.4. The molecule has 0 rings (SSSR count). The summed E-state index contributed by atoms with van der Waals surface area (Å²) in [4.78, 5) is 0. The van der Waals surface area contributed by atoms with Gasteiger partial charge >= 0.3 is 20.9 Å². The lowest BCUT2D eigenvalue weighted by atomic mass is 10.5. The maximum Gasteiger partial charge on any atom is 0.388 e. The molecule has 0 aromatic rings. The van der Waals surface area contributed by atoms with Crippen LogP contribution >= 0.6 is 0 Å². The molecule has 0 aromatic heterocycles. The van der Waals surface area contributed by atoms with Crippen LogP contribution in [0.2, 0.25) is 44.8 Å². The van der Waals surface area contributed by atoms with Crippen LogP contribution in [0.4, 0.5) is 26.3 Å². The molecule has 0 heterocycles. The van der Waals surface area contributed by atoms with Crippen molar-refractivity contribution in [2.24, 2.45) is 0 Å². The first-order valence-electron chi connectivity index (χ1n) is 7.56. The van der Waals surface area contributed by atoms with Crippen molar-refractivity contribution < 1.29 is 34.6 Å². The number of hydrogen-bond acceptors (Lipinski definition) is 2. The van der Waals surface area contributed by atoms with E-state index in [0.717, 1.165) is 0 Å². The molecule has 2 nitrogen and oxygen atoms in total. The minimum Gasteiger partial charge on any atom is -0.433 e. The van der Waals surface area contributed by atoms with E-state index in [1.165, 1.54) is 5.70 Å². The molecule has 0 fully saturated rings. The summed E-state index contributed by atoms with van der Waals surface area (Å²) in [7, 11) is -8.40. The molecule has 24 heavy (non-hydrogen) atoms. The van der Waals surface area contributed by atoms with Crippen molar-refractivity contribution in [1.29, 1.82) is 0 Å². The normalized spacial score (nSPS) is 14.8. The summed E-state index contributed by atoms with van der Waals surface area (Å²) in [5.74, 6) is 0. The van der Waals surface area contributed by atoms with Crippen molar-refractivity contribution >= 4 is 25.2 Å². The van der Waals surface area contributed by atoms with Gasteiger partial charge in [0.2, 0.25) is 0 Å². The van der Waals surface area contributed by atoms with Crippen molar-refractivity contribution in [3.05, 3.63) is 12.3 Å². The van der Waals surface area contributed by atoms with Gasteiger partial charge in [0.15, 0.2) is 16.6 Å². The van der Waals surface area contributed by atoms with E-state index in [2.05, 4.69) is 6.58 Å². The Bertz CT molecular complexity index is 389. The van der Waals surface area contributed by atoms with Crippen molar-refractivity contribution in [2.45, 2.75) is 70.0 Å². The van der Waals surface area contributed by atoms with Crippen LogP contribution in [0.3, 0.4) is 0 Å². The molecule has 0 spiro atoms.